The minimum absolute atomic E-state index is 0.0445. The summed E-state index contributed by atoms with van der Waals surface area (Å²) in [7, 11) is -3.39. The summed E-state index contributed by atoms with van der Waals surface area (Å²) in [6.07, 6.45) is 1.98. The number of rotatable bonds is 7. The zero-order valence-corrected chi connectivity index (χ0v) is 15.6. The summed E-state index contributed by atoms with van der Waals surface area (Å²) in [5.41, 5.74) is 1.76. The highest BCUT2D eigenvalue weighted by Gasteiger charge is 2.20. The summed E-state index contributed by atoms with van der Waals surface area (Å²) in [6, 6.07) is 10.4. The zero-order chi connectivity index (χ0) is 18.6. The average molecular weight is 377 g/mol. The predicted octanol–water partition coefficient (Wildman–Crippen LogP) is 2.61. The first kappa shape index (κ1) is 18.7. The van der Waals surface area contributed by atoms with Crippen LogP contribution >= 0.6 is 0 Å². The van der Waals surface area contributed by atoms with Crippen LogP contribution in [-0.2, 0) is 26.1 Å². The molecule has 1 aliphatic rings. The largest absolute Gasteiger partial charge is 0.455 e. The van der Waals surface area contributed by atoms with Crippen molar-refractivity contribution in [2.45, 2.75) is 37.4 Å². The Bertz CT molecular complexity index is 866. The van der Waals surface area contributed by atoms with Gasteiger partial charge in [0, 0.05) is 13.2 Å². The lowest BCUT2D eigenvalue weighted by atomic mass is 10.2. The highest BCUT2D eigenvalue weighted by atomic mass is 32.2. The smallest absolute Gasteiger partial charge is 0.287 e. The van der Waals surface area contributed by atoms with Gasteiger partial charge < -0.3 is 14.5 Å². The molecule has 26 heavy (non-hydrogen) atoms. The van der Waals surface area contributed by atoms with Crippen molar-refractivity contribution in [1.29, 1.82) is 0 Å². The third kappa shape index (κ3) is 5.19. The molecule has 0 unspecified atom stereocenters. The van der Waals surface area contributed by atoms with Crippen molar-refractivity contribution in [2.75, 3.05) is 13.2 Å². The predicted molar refractivity (Wildman–Crippen MR) is 97.5 cm³/mol. The maximum atomic E-state index is 12.4. The number of carbonyl (C=O) groups excluding carboxylic acids is 1. The van der Waals surface area contributed by atoms with Gasteiger partial charge in [-0.25, -0.2) is 8.42 Å². The summed E-state index contributed by atoms with van der Waals surface area (Å²) in [5.74, 6) is -0.276. The molecule has 3 rings (SSSR count). The van der Waals surface area contributed by atoms with E-state index >= 15 is 0 Å². The second-order valence-corrected chi connectivity index (χ2v) is 8.70. The molecular formula is C19H23NO5S. The highest BCUT2D eigenvalue weighted by Crippen LogP contribution is 2.16. The molecule has 1 aliphatic heterocycles. The Morgan fingerprint density at radius 1 is 1.23 bits per heavy atom. The van der Waals surface area contributed by atoms with Crippen LogP contribution in [0.1, 0.15) is 40.3 Å². The first-order valence-corrected chi connectivity index (χ1v) is 10.5. The Morgan fingerprint density at radius 3 is 2.81 bits per heavy atom. The summed E-state index contributed by atoms with van der Waals surface area (Å²) in [6.45, 7) is 3.08. The molecule has 2 heterocycles. The number of hydrogen-bond acceptors (Lipinski definition) is 5. The number of sulfone groups is 1. The van der Waals surface area contributed by atoms with E-state index in [1.807, 2.05) is 25.1 Å². The van der Waals surface area contributed by atoms with Crippen LogP contribution in [0.4, 0.5) is 0 Å². The first-order chi connectivity index (χ1) is 12.4. The van der Waals surface area contributed by atoms with Crippen molar-refractivity contribution >= 4 is 15.7 Å². The van der Waals surface area contributed by atoms with Gasteiger partial charge in [-0.3, -0.25) is 4.79 Å². The van der Waals surface area contributed by atoms with Gasteiger partial charge in [-0.1, -0.05) is 29.8 Å². The maximum absolute atomic E-state index is 12.4. The van der Waals surface area contributed by atoms with Crippen LogP contribution in [0.2, 0.25) is 0 Å². The number of furan rings is 1. The molecule has 140 valence electrons. The quantitative estimate of drug-likeness (QED) is 0.802. The molecule has 1 saturated heterocycles. The van der Waals surface area contributed by atoms with E-state index in [-0.39, 0.29) is 35.0 Å². The van der Waals surface area contributed by atoms with Gasteiger partial charge in [-0.2, -0.15) is 0 Å². The summed E-state index contributed by atoms with van der Waals surface area (Å²) in [5, 5.41) is 2.76. The average Bonchev–Trinajstić information content (AvgIpc) is 3.23. The van der Waals surface area contributed by atoms with Crippen LogP contribution in [0.5, 0.6) is 0 Å². The molecule has 0 aliphatic carbocycles. The van der Waals surface area contributed by atoms with Crippen LogP contribution in [0.3, 0.4) is 0 Å². The molecule has 1 aromatic carbocycles. The topological polar surface area (TPSA) is 85.6 Å². The van der Waals surface area contributed by atoms with Crippen LogP contribution in [0.15, 0.2) is 40.8 Å². The van der Waals surface area contributed by atoms with E-state index in [2.05, 4.69) is 5.32 Å². The van der Waals surface area contributed by atoms with Crippen LogP contribution in [0, 0.1) is 6.92 Å². The molecule has 6 nitrogen and oxygen atoms in total. The first-order valence-electron chi connectivity index (χ1n) is 8.66. The molecule has 2 aromatic rings. The minimum atomic E-state index is -3.39. The monoisotopic (exact) mass is 377 g/mol. The van der Waals surface area contributed by atoms with Crippen molar-refractivity contribution < 1.29 is 22.4 Å². The number of nitrogens with one attached hydrogen (secondary N) is 1. The van der Waals surface area contributed by atoms with Crippen molar-refractivity contribution in [3.8, 4) is 0 Å². The summed E-state index contributed by atoms with van der Waals surface area (Å²) < 4.78 is 35.6. The number of benzene rings is 1. The fraction of sp³-hybridized carbons (Fsp3) is 0.421. The van der Waals surface area contributed by atoms with E-state index in [1.165, 1.54) is 12.1 Å². The molecule has 1 amide bonds. The number of hydrogen-bond donors (Lipinski definition) is 1. The van der Waals surface area contributed by atoms with Crippen molar-refractivity contribution in [1.82, 2.24) is 5.32 Å². The molecule has 1 aromatic heterocycles. The van der Waals surface area contributed by atoms with E-state index in [4.69, 9.17) is 9.15 Å². The van der Waals surface area contributed by atoms with Crippen molar-refractivity contribution in [3.63, 3.8) is 0 Å². The standard InChI is InChI=1S/C19H23NO5S/c1-14-4-2-5-15(10-14)12-26(22,23)13-17-7-8-18(25-17)19(21)20-11-16-6-3-9-24-16/h2,4-5,7-8,10,16H,3,6,9,11-13H2,1H3,(H,20,21)/t16-/m1/s1. The number of aryl methyl sites for hydroxylation is 1. The Hall–Kier alpha value is -2.12. The fourth-order valence-electron chi connectivity index (χ4n) is 3.00. The summed E-state index contributed by atoms with van der Waals surface area (Å²) >= 11 is 0. The third-order valence-electron chi connectivity index (χ3n) is 4.23. The second-order valence-electron chi connectivity index (χ2n) is 6.63. The lowest BCUT2D eigenvalue weighted by Gasteiger charge is -2.09. The normalized spacial score (nSPS) is 17.3. The molecule has 1 atom stereocenters. The lowest BCUT2D eigenvalue weighted by molar-refractivity contribution is 0.0834. The minimum Gasteiger partial charge on any atom is -0.455 e. The number of carbonyl (C=O) groups is 1. The van der Waals surface area contributed by atoms with Gasteiger partial charge in [0.15, 0.2) is 15.6 Å². The molecule has 0 saturated carbocycles. The van der Waals surface area contributed by atoms with E-state index in [0.29, 0.717) is 6.54 Å². The zero-order valence-electron chi connectivity index (χ0n) is 14.7. The second kappa shape index (κ2) is 8.05. The highest BCUT2D eigenvalue weighted by molar-refractivity contribution is 7.89. The molecule has 7 heteroatoms. The molecular weight excluding hydrogens is 354 g/mol. The number of amides is 1. The van der Waals surface area contributed by atoms with Crippen LogP contribution in [0.25, 0.3) is 0 Å². The van der Waals surface area contributed by atoms with Gasteiger partial charge in [-0.15, -0.1) is 0 Å². The maximum Gasteiger partial charge on any atom is 0.287 e. The van der Waals surface area contributed by atoms with E-state index in [9.17, 15) is 13.2 Å². The van der Waals surface area contributed by atoms with Crippen molar-refractivity contribution in [2.24, 2.45) is 0 Å². The Labute approximate surface area is 153 Å². The third-order valence-corrected chi connectivity index (χ3v) is 5.73. The molecule has 0 radical (unpaired) electrons. The van der Waals surface area contributed by atoms with Crippen LogP contribution in [-0.4, -0.2) is 33.6 Å². The van der Waals surface area contributed by atoms with Gasteiger partial charge in [0.1, 0.15) is 11.5 Å². The van der Waals surface area contributed by atoms with Crippen molar-refractivity contribution in [3.05, 3.63) is 59.0 Å². The van der Waals surface area contributed by atoms with Gasteiger partial charge in [-0.05, 0) is 37.5 Å². The Balaban J connectivity index is 1.57. The van der Waals surface area contributed by atoms with Gasteiger partial charge in [0.2, 0.25) is 0 Å². The molecule has 0 spiro atoms. The van der Waals surface area contributed by atoms with E-state index in [1.54, 1.807) is 6.07 Å². The van der Waals surface area contributed by atoms with E-state index in [0.717, 1.165) is 30.6 Å². The SMILES string of the molecule is Cc1cccc(CS(=O)(=O)Cc2ccc(C(=O)NC[C@H]3CCCO3)o2)c1. The Morgan fingerprint density at radius 2 is 2.08 bits per heavy atom. The Kier molecular flexibility index (Phi) is 5.78. The number of ether oxygens (including phenoxy) is 1. The van der Waals surface area contributed by atoms with Gasteiger partial charge in [0.05, 0.1) is 11.9 Å². The van der Waals surface area contributed by atoms with Gasteiger partial charge in [0.25, 0.3) is 5.91 Å². The fourth-order valence-corrected chi connectivity index (χ4v) is 4.38. The van der Waals surface area contributed by atoms with Crippen LogP contribution < -0.4 is 5.32 Å². The van der Waals surface area contributed by atoms with E-state index < -0.39 is 9.84 Å². The molecule has 1 fully saturated rings. The molecule has 0 bridgehead atoms. The molecule has 1 N–H and O–H groups in total. The summed E-state index contributed by atoms with van der Waals surface area (Å²) in [4.78, 5) is 12.1. The van der Waals surface area contributed by atoms with Gasteiger partial charge >= 0.3 is 0 Å². The lowest BCUT2D eigenvalue weighted by Crippen LogP contribution is -2.31.